The van der Waals surface area contributed by atoms with E-state index in [4.69, 9.17) is 15.2 Å². The van der Waals surface area contributed by atoms with Crippen molar-refractivity contribution in [2.45, 2.75) is 25.6 Å². The highest BCUT2D eigenvalue weighted by Crippen LogP contribution is 2.31. The van der Waals surface area contributed by atoms with Crippen molar-refractivity contribution in [1.29, 1.82) is 0 Å². The van der Waals surface area contributed by atoms with Gasteiger partial charge in [0.2, 0.25) is 0 Å². The highest BCUT2D eigenvalue weighted by Gasteiger charge is 2.30. The predicted octanol–water partition coefficient (Wildman–Crippen LogP) is 2.84. The van der Waals surface area contributed by atoms with E-state index >= 15 is 0 Å². The predicted molar refractivity (Wildman–Crippen MR) is 66.0 cm³/mol. The maximum absolute atomic E-state index is 12.5. The first-order chi connectivity index (χ1) is 8.97. The number of hydrogen-bond acceptors (Lipinski definition) is 3. The highest BCUT2D eigenvalue weighted by molar-refractivity contribution is 5.30. The molecular weight excluding hydrogens is 259 g/mol. The lowest BCUT2D eigenvalue weighted by atomic mass is 10.2. The SMILES string of the molecule is CCOC(CN)CCOc1cccc(C(F)(F)F)c1. The van der Waals surface area contributed by atoms with Crippen LogP contribution in [0.1, 0.15) is 18.9 Å². The average Bonchev–Trinajstić information content (AvgIpc) is 2.37. The van der Waals surface area contributed by atoms with Gasteiger partial charge in [0.05, 0.1) is 18.3 Å². The normalized spacial score (nSPS) is 13.3. The molecule has 6 heteroatoms. The molecule has 0 spiro atoms. The number of hydrogen-bond donors (Lipinski definition) is 1. The first-order valence-electron chi connectivity index (χ1n) is 6.09. The summed E-state index contributed by atoms with van der Waals surface area (Å²) in [7, 11) is 0. The van der Waals surface area contributed by atoms with E-state index in [0.29, 0.717) is 19.6 Å². The van der Waals surface area contributed by atoms with Crippen molar-refractivity contribution in [2.75, 3.05) is 19.8 Å². The van der Waals surface area contributed by atoms with Crippen molar-refractivity contribution in [2.24, 2.45) is 5.73 Å². The summed E-state index contributed by atoms with van der Waals surface area (Å²) in [5.41, 5.74) is 4.77. The van der Waals surface area contributed by atoms with Gasteiger partial charge in [0.15, 0.2) is 0 Å². The second kappa shape index (κ2) is 7.35. The van der Waals surface area contributed by atoms with Gasteiger partial charge < -0.3 is 15.2 Å². The second-order valence-electron chi connectivity index (χ2n) is 3.98. The van der Waals surface area contributed by atoms with Gasteiger partial charge in [-0.1, -0.05) is 6.07 Å². The second-order valence-corrected chi connectivity index (χ2v) is 3.98. The lowest BCUT2D eigenvalue weighted by Crippen LogP contribution is -2.25. The molecular formula is C13H18F3NO2. The van der Waals surface area contributed by atoms with Crippen LogP contribution in [0.2, 0.25) is 0 Å². The zero-order chi connectivity index (χ0) is 14.3. The molecule has 1 aromatic rings. The molecule has 0 heterocycles. The molecule has 2 N–H and O–H groups in total. The Labute approximate surface area is 110 Å². The van der Waals surface area contributed by atoms with E-state index in [9.17, 15) is 13.2 Å². The Kier molecular flexibility index (Phi) is 6.11. The molecule has 0 bridgehead atoms. The first-order valence-corrected chi connectivity index (χ1v) is 6.09. The summed E-state index contributed by atoms with van der Waals surface area (Å²) in [6, 6.07) is 4.81. The number of rotatable bonds is 7. The van der Waals surface area contributed by atoms with Gasteiger partial charge in [-0.3, -0.25) is 0 Å². The fraction of sp³-hybridized carbons (Fsp3) is 0.538. The van der Waals surface area contributed by atoms with Crippen LogP contribution in [-0.4, -0.2) is 25.9 Å². The van der Waals surface area contributed by atoms with E-state index in [1.54, 1.807) is 0 Å². The average molecular weight is 277 g/mol. The first kappa shape index (κ1) is 15.8. The number of ether oxygens (including phenoxy) is 2. The fourth-order valence-corrected chi connectivity index (χ4v) is 1.58. The van der Waals surface area contributed by atoms with Crippen LogP contribution in [-0.2, 0) is 10.9 Å². The van der Waals surface area contributed by atoms with Crippen molar-refractivity contribution in [3.05, 3.63) is 29.8 Å². The molecule has 0 aliphatic rings. The molecule has 1 unspecified atom stereocenters. The zero-order valence-electron chi connectivity index (χ0n) is 10.7. The zero-order valence-corrected chi connectivity index (χ0v) is 10.7. The fourth-order valence-electron chi connectivity index (χ4n) is 1.58. The van der Waals surface area contributed by atoms with Crippen LogP contribution >= 0.6 is 0 Å². The maximum atomic E-state index is 12.5. The van der Waals surface area contributed by atoms with Crippen LogP contribution in [0, 0.1) is 0 Å². The van der Waals surface area contributed by atoms with Crippen molar-refractivity contribution in [3.8, 4) is 5.75 Å². The van der Waals surface area contributed by atoms with Crippen LogP contribution in [0.4, 0.5) is 13.2 Å². The van der Waals surface area contributed by atoms with Gasteiger partial charge >= 0.3 is 6.18 Å². The molecule has 108 valence electrons. The molecule has 0 aromatic heterocycles. The molecule has 0 radical (unpaired) electrons. The van der Waals surface area contributed by atoms with Crippen LogP contribution in [0.15, 0.2) is 24.3 Å². The van der Waals surface area contributed by atoms with Crippen LogP contribution < -0.4 is 10.5 Å². The molecule has 1 aromatic carbocycles. The van der Waals surface area contributed by atoms with E-state index in [1.807, 2.05) is 6.92 Å². The smallest absolute Gasteiger partial charge is 0.416 e. The van der Waals surface area contributed by atoms with E-state index in [1.165, 1.54) is 12.1 Å². The molecule has 1 atom stereocenters. The Hall–Kier alpha value is -1.27. The third-order valence-corrected chi connectivity index (χ3v) is 2.54. The number of benzene rings is 1. The Bertz CT molecular complexity index is 382. The maximum Gasteiger partial charge on any atom is 0.416 e. The minimum Gasteiger partial charge on any atom is -0.493 e. The van der Waals surface area contributed by atoms with Gasteiger partial charge in [-0.15, -0.1) is 0 Å². The van der Waals surface area contributed by atoms with Crippen LogP contribution in [0.25, 0.3) is 0 Å². The minimum atomic E-state index is -4.36. The molecule has 0 saturated carbocycles. The molecule has 19 heavy (non-hydrogen) atoms. The third-order valence-electron chi connectivity index (χ3n) is 2.54. The highest BCUT2D eigenvalue weighted by atomic mass is 19.4. The molecule has 0 aliphatic heterocycles. The quantitative estimate of drug-likeness (QED) is 0.833. The summed E-state index contributed by atoms with van der Waals surface area (Å²) in [5, 5.41) is 0. The van der Waals surface area contributed by atoms with Crippen molar-refractivity contribution in [1.82, 2.24) is 0 Å². The molecule has 3 nitrogen and oxygen atoms in total. The Morgan fingerprint density at radius 2 is 2.05 bits per heavy atom. The Morgan fingerprint density at radius 3 is 2.63 bits per heavy atom. The lowest BCUT2D eigenvalue weighted by Gasteiger charge is -2.15. The summed E-state index contributed by atoms with van der Waals surface area (Å²) in [6.07, 6.45) is -3.94. The third kappa shape index (κ3) is 5.48. The number of nitrogens with two attached hydrogens (primary N) is 1. The van der Waals surface area contributed by atoms with Gasteiger partial charge in [0.25, 0.3) is 0 Å². The summed E-state index contributed by atoms with van der Waals surface area (Å²) >= 11 is 0. The molecule has 0 fully saturated rings. The molecule has 0 amide bonds. The monoisotopic (exact) mass is 277 g/mol. The standard InChI is InChI=1S/C13H18F3NO2/c1-2-18-12(9-17)6-7-19-11-5-3-4-10(8-11)13(14,15)16/h3-5,8,12H,2,6-7,9,17H2,1H3. The minimum absolute atomic E-state index is 0.129. The van der Waals surface area contributed by atoms with Crippen molar-refractivity contribution < 1.29 is 22.6 Å². The summed E-state index contributed by atoms with van der Waals surface area (Å²) in [5.74, 6) is 0.196. The summed E-state index contributed by atoms with van der Waals surface area (Å²) in [4.78, 5) is 0. The van der Waals surface area contributed by atoms with Gasteiger partial charge in [-0.25, -0.2) is 0 Å². The van der Waals surface area contributed by atoms with Crippen LogP contribution in [0.5, 0.6) is 5.75 Å². The van der Waals surface area contributed by atoms with Gasteiger partial charge in [0.1, 0.15) is 5.75 Å². The Morgan fingerprint density at radius 1 is 1.32 bits per heavy atom. The van der Waals surface area contributed by atoms with Crippen LogP contribution in [0.3, 0.4) is 0 Å². The van der Waals surface area contributed by atoms with Gasteiger partial charge in [0, 0.05) is 19.6 Å². The van der Waals surface area contributed by atoms with E-state index in [0.717, 1.165) is 12.1 Å². The largest absolute Gasteiger partial charge is 0.493 e. The van der Waals surface area contributed by atoms with E-state index in [-0.39, 0.29) is 18.5 Å². The lowest BCUT2D eigenvalue weighted by molar-refractivity contribution is -0.137. The number of alkyl halides is 3. The molecule has 1 rings (SSSR count). The van der Waals surface area contributed by atoms with Gasteiger partial charge in [-0.2, -0.15) is 13.2 Å². The van der Waals surface area contributed by atoms with E-state index < -0.39 is 11.7 Å². The van der Waals surface area contributed by atoms with Crippen molar-refractivity contribution in [3.63, 3.8) is 0 Å². The topological polar surface area (TPSA) is 44.5 Å². The summed E-state index contributed by atoms with van der Waals surface area (Å²) in [6.45, 7) is 3.03. The van der Waals surface area contributed by atoms with Crippen molar-refractivity contribution >= 4 is 0 Å². The summed E-state index contributed by atoms with van der Waals surface area (Å²) < 4.78 is 48.1. The molecule has 0 saturated heterocycles. The Balaban J connectivity index is 2.49. The van der Waals surface area contributed by atoms with E-state index in [2.05, 4.69) is 0 Å². The van der Waals surface area contributed by atoms with Gasteiger partial charge in [-0.05, 0) is 25.1 Å². The molecule has 0 aliphatic carbocycles. The number of halogens is 3.